The summed E-state index contributed by atoms with van der Waals surface area (Å²) in [5.41, 5.74) is 2.50. The molecule has 2 aromatic carbocycles. The van der Waals surface area contributed by atoms with Crippen LogP contribution in [-0.4, -0.2) is 36.6 Å². The Bertz CT molecular complexity index is 770. The second-order valence-electron chi connectivity index (χ2n) is 7.13. The van der Waals surface area contributed by atoms with Gasteiger partial charge in [-0.1, -0.05) is 18.2 Å². The molecule has 3 aliphatic heterocycles. The van der Waals surface area contributed by atoms with Gasteiger partial charge in [-0.05, 0) is 67.7 Å². The molecule has 0 aliphatic carbocycles. The molecule has 0 saturated carbocycles. The van der Waals surface area contributed by atoms with E-state index in [2.05, 4.69) is 10.2 Å². The highest BCUT2D eigenvalue weighted by atomic mass is 19.1. The van der Waals surface area contributed by atoms with Crippen LogP contribution in [0, 0.1) is 11.7 Å². The van der Waals surface area contributed by atoms with Crippen molar-refractivity contribution in [3.63, 3.8) is 0 Å². The number of hydrogen-bond acceptors (Lipinski definition) is 4. The maximum atomic E-state index is 13.1. The number of hydrogen-bond donors (Lipinski definition) is 1. The van der Waals surface area contributed by atoms with E-state index < -0.39 is 0 Å². The summed E-state index contributed by atoms with van der Waals surface area (Å²) in [6.07, 6.45) is 2.51. The number of ether oxygens (including phenoxy) is 1. The van der Waals surface area contributed by atoms with Gasteiger partial charge in [0.25, 0.3) is 0 Å². The van der Waals surface area contributed by atoms with Gasteiger partial charge >= 0.3 is 5.97 Å². The molecule has 3 fully saturated rings. The van der Waals surface area contributed by atoms with E-state index in [9.17, 15) is 9.18 Å². The first-order valence-corrected chi connectivity index (χ1v) is 9.20. The Morgan fingerprint density at radius 1 is 1.12 bits per heavy atom. The average molecular weight is 354 g/mol. The van der Waals surface area contributed by atoms with E-state index in [1.165, 1.54) is 12.1 Å². The number of halogens is 1. The van der Waals surface area contributed by atoms with Crippen molar-refractivity contribution in [1.29, 1.82) is 0 Å². The van der Waals surface area contributed by atoms with Gasteiger partial charge in [-0.25, -0.2) is 4.39 Å². The highest BCUT2D eigenvalue weighted by molar-refractivity contribution is 5.76. The molecule has 5 heteroatoms. The molecule has 3 saturated heterocycles. The number of nitrogens with one attached hydrogen (secondary N) is 1. The molecule has 1 unspecified atom stereocenters. The standard InChI is InChI=1S/C21H23FN2O2/c22-17-5-7-18(8-6-17)23-19-4-2-1-3-16(19)13-21(25)26-20-14-24-11-9-15(20)10-12-24/h1-8,15,20,23H,9-14H2. The summed E-state index contributed by atoms with van der Waals surface area (Å²) in [7, 11) is 0. The van der Waals surface area contributed by atoms with Gasteiger partial charge in [-0.15, -0.1) is 0 Å². The molecule has 5 rings (SSSR count). The van der Waals surface area contributed by atoms with Gasteiger partial charge in [0.1, 0.15) is 11.9 Å². The fourth-order valence-corrected chi connectivity index (χ4v) is 3.90. The second kappa shape index (κ2) is 7.46. The van der Waals surface area contributed by atoms with Crippen molar-refractivity contribution in [1.82, 2.24) is 4.90 Å². The molecule has 2 bridgehead atoms. The van der Waals surface area contributed by atoms with Crippen LogP contribution in [0.3, 0.4) is 0 Å². The predicted octanol–water partition coefficient (Wildman–Crippen LogP) is 3.75. The molecule has 0 aromatic heterocycles. The lowest BCUT2D eigenvalue weighted by Gasteiger charge is -2.43. The molecule has 0 spiro atoms. The number of benzene rings is 2. The normalized spacial score (nSPS) is 24.3. The molecule has 0 radical (unpaired) electrons. The molecule has 1 N–H and O–H groups in total. The largest absolute Gasteiger partial charge is 0.460 e. The van der Waals surface area contributed by atoms with E-state index in [0.29, 0.717) is 5.92 Å². The van der Waals surface area contributed by atoms with Gasteiger partial charge in [-0.2, -0.15) is 0 Å². The van der Waals surface area contributed by atoms with E-state index in [4.69, 9.17) is 4.74 Å². The zero-order valence-electron chi connectivity index (χ0n) is 14.7. The van der Waals surface area contributed by atoms with E-state index in [0.717, 1.165) is 49.4 Å². The van der Waals surface area contributed by atoms with Crippen LogP contribution in [0.1, 0.15) is 18.4 Å². The fraction of sp³-hybridized carbons (Fsp3) is 0.381. The molecular formula is C21H23FN2O2. The van der Waals surface area contributed by atoms with Crippen LogP contribution in [0.2, 0.25) is 0 Å². The van der Waals surface area contributed by atoms with Crippen LogP contribution in [-0.2, 0) is 16.0 Å². The van der Waals surface area contributed by atoms with Gasteiger partial charge in [0.2, 0.25) is 0 Å². The Morgan fingerprint density at radius 3 is 2.54 bits per heavy atom. The lowest BCUT2D eigenvalue weighted by Crippen LogP contribution is -2.52. The number of carbonyl (C=O) groups excluding carboxylic acids is 1. The first-order chi connectivity index (χ1) is 12.7. The first kappa shape index (κ1) is 17.0. The summed E-state index contributed by atoms with van der Waals surface area (Å²) < 4.78 is 18.9. The van der Waals surface area contributed by atoms with Crippen LogP contribution in [0.5, 0.6) is 0 Å². The molecule has 2 aromatic rings. The average Bonchev–Trinajstić information content (AvgIpc) is 2.66. The molecule has 1 atom stereocenters. The van der Waals surface area contributed by atoms with Crippen molar-refractivity contribution >= 4 is 17.3 Å². The third kappa shape index (κ3) is 3.88. The Hall–Kier alpha value is -2.40. The molecule has 4 nitrogen and oxygen atoms in total. The van der Waals surface area contributed by atoms with Crippen molar-refractivity contribution < 1.29 is 13.9 Å². The van der Waals surface area contributed by atoms with E-state index in [-0.39, 0.29) is 24.3 Å². The van der Waals surface area contributed by atoms with Crippen molar-refractivity contribution in [3.05, 3.63) is 59.9 Å². The van der Waals surface area contributed by atoms with Gasteiger partial charge in [0.15, 0.2) is 0 Å². The molecule has 3 heterocycles. The van der Waals surface area contributed by atoms with Crippen molar-refractivity contribution in [2.45, 2.75) is 25.4 Å². The Balaban J connectivity index is 1.41. The number of para-hydroxylation sites is 1. The third-order valence-corrected chi connectivity index (χ3v) is 5.35. The minimum absolute atomic E-state index is 0.0298. The molecule has 3 aliphatic rings. The van der Waals surface area contributed by atoms with E-state index in [1.807, 2.05) is 24.3 Å². The summed E-state index contributed by atoms with van der Waals surface area (Å²) in [6.45, 7) is 3.12. The highest BCUT2D eigenvalue weighted by Crippen LogP contribution is 2.30. The summed E-state index contributed by atoms with van der Waals surface area (Å²) in [6, 6.07) is 13.8. The Kier molecular flexibility index (Phi) is 4.89. The number of rotatable bonds is 5. The number of piperidine rings is 3. The third-order valence-electron chi connectivity index (χ3n) is 5.35. The minimum atomic E-state index is -0.273. The van der Waals surface area contributed by atoms with E-state index >= 15 is 0 Å². The second-order valence-corrected chi connectivity index (χ2v) is 7.13. The number of nitrogens with zero attached hydrogens (tertiary/aromatic N) is 1. The maximum Gasteiger partial charge on any atom is 0.310 e. The molecule has 136 valence electrons. The van der Waals surface area contributed by atoms with Crippen molar-refractivity contribution in [3.8, 4) is 0 Å². The van der Waals surface area contributed by atoms with Crippen LogP contribution in [0.25, 0.3) is 0 Å². The number of anilines is 2. The van der Waals surface area contributed by atoms with Crippen molar-refractivity contribution in [2.24, 2.45) is 5.92 Å². The lowest BCUT2D eigenvalue weighted by molar-refractivity contribution is -0.157. The highest BCUT2D eigenvalue weighted by Gasteiger charge is 2.36. The smallest absolute Gasteiger partial charge is 0.310 e. The van der Waals surface area contributed by atoms with Crippen molar-refractivity contribution in [2.75, 3.05) is 25.0 Å². The predicted molar refractivity (Wildman–Crippen MR) is 98.9 cm³/mol. The Labute approximate surface area is 153 Å². The van der Waals surface area contributed by atoms with Gasteiger partial charge < -0.3 is 10.1 Å². The van der Waals surface area contributed by atoms with E-state index in [1.54, 1.807) is 12.1 Å². The fourth-order valence-electron chi connectivity index (χ4n) is 3.90. The van der Waals surface area contributed by atoms with Crippen LogP contribution in [0.15, 0.2) is 48.5 Å². The zero-order valence-corrected chi connectivity index (χ0v) is 14.7. The monoisotopic (exact) mass is 354 g/mol. The van der Waals surface area contributed by atoms with Gasteiger partial charge in [-0.3, -0.25) is 9.69 Å². The molecular weight excluding hydrogens is 331 g/mol. The van der Waals surface area contributed by atoms with Crippen LogP contribution in [0.4, 0.5) is 15.8 Å². The Morgan fingerprint density at radius 2 is 1.85 bits per heavy atom. The molecule has 26 heavy (non-hydrogen) atoms. The molecule has 0 amide bonds. The minimum Gasteiger partial charge on any atom is -0.460 e. The summed E-state index contributed by atoms with van der Waals surface area (Å²) in [5, 5.41) is 3.25. The summed E-state index contributed by atoms with van der Waals surface area (Å²) in [5.74, 6) is 0.0542. The topological polar surface area (TPSA) is 41.6 Å². The maximum absolute atomic E-state index is 13.1. The quantitative estimate of drug-likeness (QED) is 0.831. The first-order valence-electron chi connectivity index (χ1n) is 9.20. The van der Waals surface area contributed by atoms with Gasteiger partial charge in [0.05, 0.1) is 6.42 Å². The lowest BCUT2D eigenvalue weighted by atomic mass is 9.86. The number of carbonyl (C=O) groups is 1. The number of esters is 1. The zero-order chi connectivity index (χ0) is 17.9. The van der Waals surface area contributed by atoms with Crippen LogP contribution >= 0.6 is 0 Å². The van der Waals surface area contributed by atoms with Crippen LogP contribution < -0.4 is 5.32 Å². The summed E-state index contributed by atoms with van der Waals surface area (Å²) >= 11 is 0. The number of fused-ring (bicyclic) bond motifs is 3. The van der Waals surface area contributed by atoms with Gasteiger partial charge in [0, 0.05) is 17.9 Å². The summed E-state index contributed by atoms with van der Waals surface area (Å²) in [4.78, 5) is 14.9. The SMILES string of the molecule is O=C(Cc1ccccc1Nc1ccc(F)cc1)OC1CN2CCC1CC2.